The number of nitrogens with zero attached hydrogens (tertiary/aromatic N) is 1. The standard InChI is InChI=1S/C11H17BrN2O/c1-3-15-8-9(2)13-7-11-5-4-10(12)6-14-11/h4-6,9,13H,3,7-8H2,1-2H3. The molecule has 15 heavy (non-hydrogen) atoms. The van der Waals surface area contributed by atoms with Gasteiger partial charge in [0.2, 0.25) is 0 Å². The maximum absolute atomic E-state index is 5.31. The van der Waals surface area contributed by atoms with Crippen molar-refractivity contribution in [1.29, 1.82) is 0 Å². The number of hydrogen-bond donors (Lipinski definition) is 1. The first-order valence-electron chi connectivity index (χ1n) is 5.14. The average Bonchev–Trinajstić information content (AvgIpc) is 2.25. The minimum absolute atomic E-state index is 0.357. The van der Waals surface area contributed by atoms with Crippen LogP contribution in [0, 0.1) is 0 Å². The van der Waals surface area contributed by atoms with Gasteiger partial charge in [-0.05, 0) is 41.9 Å². The molecule has 0 fully saturated rings. The molecular weight excluding hydrogens is 256 g/mol. The molecule has 1 aromatic rings. The van der Waals surface area contributed by atoms with E-state index < -0.39 is 0 Å². The molecule has 1 N–H and O–H groups in total. The van der Waals surface area contributed by atoms with Gasteiger partial charge in [-0.1, -0.05) is 0 Å². The molecular formula is C11H17BrN2O. The van der Waals surface area contributed by atoms with E-state index in [1.807, 2.05) is 25.3 Å². The smallest absolute Gasteiger partial charge is 0.0616 e. The fourth-order valence-corrected chi connectivity index (χ4v) is 1.38. The predicted molar refractivity (Wildman–Crippen MR) is 64.7 cm³/mol. The molecule has 1 rings (SSSR count). The van der Waals surface area contributed by atoms with Gasteiger partial charge >= 0.3 is 0 Å². The normalized spacial score (nSPS) is 12.7. The lowest BCUT2D eigenvalue weighted by Gasteiger charge is -2.12. The summed E-state index contributed by atoms with van der Waals surface area (Å²) in [6.45, 7) is 6.40. The summed E-state index contributed by atoms with van der Waals surface area (Å²) in [5.41, 5.74) is 1.04. The van der Waals surface area contributed by atoms with Gasteiger partial charge in [-0.15, -0.1) is 0 Å². The molecule has 1 unspecified atom stereocenters. The minimum atomic E-state index is 0.357. The highest BCUT2D eigenvalue weighted by Crippen LogP contribution is 2.07. The van der Waals surface area contributed by atoms with E-state index in [9.17, 15) is 0 Å². The lowest BCUT2D eigenvalue weighted by atomic mass is 10.3. The van der Waals surface area contributed by atoms with Crippen LogP contribution in [0.2, 0.25) is 0 Å². The third kappa shape index (κ3) is 5.25. The van der Waals surface area contributed by atoms with Crippen LogP contribution in [-0.4, -0.2) is 24.2 Å². The largest absolute Gasteiger partial charge is 0.380 e. The van der Waals surface area contributed by atoms with Crippen LogP contribution in [-0.2, 0) is 11.3 Å². The van der Waals surface area contributed by atoms with Gasteiger partial charge in [0, 0.05) is 29.9 Å². The Morgan fingerprint density at radius 3 is 2.93 bits per heavy atom. The van der Waals surface area contributed by atoms with E-state index in [4.69, 9.17) is 4.74 Å². The number of rotatable bonds is 6. The molecule has 0 saturated heterocycles. The van der Waals surface area contributed by atoms with Gasteiger partial charge in [0.15, 0.2) is 0 Å². The summed E-state index contributed by atoms with van der Waals surface area (Å²) in [6.07, 6.45) is 1.81. The first-order chi connectivity index (χ1) is 7.22. The lowest BCUT2D eigenvalue weighted by molar-refractivity contribution is 0.127. The highest BCUT2D eigenvalue weighted by molar-refractivity contribution is 9.10. The number of pyridine rings is 1. The third-order valence-corrected chi connectivity index (χ3v) is 2.46. The maximum Gasteiger partial charge on any atom is 0.0616 e. The zero-order valence-corrected chi connectivity index (χ0v) is 10.8. The Morgan fingerprint density at radius 2 is 2.33 bits per heavy atom. The van der Waals surface area contributed by atoms with Crippen molar-refractivity contribution in [1.82, 2.24) is 10.3 Å². The molecule has 3 nitrogen and oxygen atoms in total. The van der Waals surface area contributed by atoms with Crippen LogP contribution in [0.4, 0.5) is 0 Å². The summed E-state index contributed by atoms with van der Waals surface area (Å²) in [5.74, 6) is 0. The number of halogens is 1. The zero-order chi connectivity index (χ0) is 11.1. The maximum atomic E-state index is 5.31. The van der Waals surface area contributed by atoms with E-state index in [1.165, 1.54) is 0 Å². The second kappa shape index (κ2) is 6.93. The molecule has 0 aliphatic rings. The van der Waals surface area contributed by atoms with Crippen LogP contribution in [0.1, 0.15) is 19.5 Å². The molecule has 0 aliphatic heterocycles. The Balaban J connectivity index is 2.27. The van der Waals surface area contributed by atoms with Crippen molar-refractivity contribution in [2.75, 3.05) is 13.2 Å². The number of hydrogen-bond acceptors (Lipinski definition) is 3. The molecule has 0 amide bonds. The lowest BCUT2D eigenvalue weighted by Crippen LogP contribution is -2.30. The summed E-state index contributed by atoms with van der Waals surface area (Å²) in [5, 5.41) is 3.35. The topological polar surface area (TPSA) is 34.1 Å². The summed E-state index contributed by atoms with van der Waals surface area (Å²) < 4.78 is 6.32. The molecule has 84 valence electrons. The molecule has 0 aliphatic carbocycles. The fraction of sp³-hybridized carbons (Fsp3) is 0.545. The quantitative estimate of drug-likeness (QED) is 0.864. The second-order valence-corrected chi connectivity index (χ2v) is 4.32. The number of nitrogens with one attached hydrogen (secondary N) is 1. The van der Waals surface area contributed by atoms with Crippen LogP contribution in [0.5, 0.6) is 0 Å². The van der Waals surface area contributed by atoms with E-state index in [1.54, 1.807) is 0 Å². The Kier molecular flexibility index (Phi) is 5.83. The van der Waals surface area contributed by atoms with Crippen molar-refractivity contribution in [3.8, 4) is 0 Å². The summed E-state index contributed by atoms with van der Waals surface area (Å²) >= 11 is 3.36. The zero-order valence-electron chi connectivity index (χ0n) is 9.16. The first-order valence-corrected chi connectivity index (χ1v) is 5.93. The van der Waals surface area contributed by atoms with Crippen LogP contribution < -0.4 is 5.32 Å². The summed E-state index contributed by atoms with van der Waals surface area (Å²) in [4.78, 5) is 4.28. The summed E-state index contributed by atoms with van der Waals surface area (Å²) in [6, 6.07) is 4.36. The van der Waals surface area contributed by atoms with E-state index in [2.05, 4.69) is 33.2 Å². The molecule has 1 atom stereocenters. The monoisotopic (exact) mass is 272 g/mol. The molecule has 4 heteroatoms. The van der Waals surface area contributed by atoms with Crippen molar-refractivity contribution >= 4 is 15.9 Å². The molecule has 0 bridgehead atoms. The van der Waals surface area contributed by atoms with Gasteiger partial charge in [0.05, 0.1) is 12.3 Å². The van der Waals surface area contributed by atoms with Crippen LogP contribution in [0.3, 0.4) is 0 Å². The van der Waals surface area contributed by atoms with E-state index in [0.29, 0.717) is 6.04 Å². The highest BCUT2D eigenvalue weighted by Gasteiger charge is 2.01. The molecule has 0 saturated carbocycles. The molecule has 0 aromatic carbocycles. The molecule has 0 spiro atoms. The molecule has 1 aromatic heterocycles. The van der Waals surface area contributed by atoms with Gasteiger partial charge < -0.3 is 10.1 Å². The fourth-order valence-electron chi connectivity index (χ4n) is 1.14. The van der Waals surface area contributed by atoms with Crippen molar-refractivity contribution in [2.45, 2.75) is 26.4 Å². The Labute approximate surface area is 99.4 Å². The highest BCUT2D eigenvalue weighted by atomic mass is 79.9. The average molecular weight is 273 g/mol. The van der Waals surface area contributed by atoms with E-state index in [-0.39, 0.29) is 0 Å². The first kappa shape index (κ1) is 12.6. The van der Waals surface area contributed by atoms with E-state index in [0.717, 1.165) is 29.9 Å². The van der Waals surface area contributed by atoms with Gasteiger partial charge in [-0.3, -0.25) is 4.98 Å². The predicted octanol–water partition coefficient (Wildman–Crippen LogP) is 2.36. The third-order valence-electron chi connectivity index (χ3n) is 1.99. The van der Waals surface area contributed by atoms with Crippen molar-refractivity contribution in [3.05, 3.63) is 28.5 Å². The van der Waals surface area contributed by atoms with Crippen molar-refractivity contribution in [3.63, 3.8) is 0 Å². The molecule has 1 heterocycles. The summed E-state index contributed by atoms with van der Waals surface area (Å²) in [7, 11) is 0. The SMILES string of the molecule is CCOCC(C)NCc1ccc(Br)cn1. The van der Waals surface area contributed by atoms with E-state index >= 15 is 0 Å². The van der Waals surface area contributed by atoms with Crippen LogP contribution in [0.25, 0.3) is 0 Å². The Hall–Kier alpha value is -0.450. The van der Waals surface area contributed by atoms with Crippen molar-refractivity contribution < 1.29 is 4.74 Å². The number of aromatic nitrogens is 1. The van der Waals surface area contributed by atoms with Gasteiger partial charge in [-0.25, -0.2) is 0 Å². The second-order valence-electron chi connectivity index (χ2n) is 3.41. The van der Waals surface area contributed by atoms with Gasteiger partial charge in [0.25, 0.3) is 0 Å². The minimum Gasteiger partial charge on any atom is -0.380 e. The molecule has 0 radical (unpaired) electrons. The van der Waals surface area contributed by atoms with Gasteiger partial charge in [0.1, 0.15) is 0 Å². The Bertz CT molecular complexity index is 276. The number of ether oxygens (including phenoxy) is 1. The Morgan fingerprint density at radius 1 is 1.53 bits per heavy atom. The van der Waals surface area contributed by atoms with Crippen molar-refractivity contribution in [2.24, 2.45) is 0 Å². The van der Waals surface area contributed by atoms with Gasteiger partial charge in [-0.2, -0.15) is 0 Å². The van der Waals surface area contributed by atoms with Crippen LogP contribution >= 0.6 is 15.9 Å². The van der Waals surface area contributed by atoms with Crippen LogP contribution in [0.15, 0.2) is 22.8 Å².